The highest BCUT2D eigenvalue weighted by molar-refractivity contribution is 5.77. The van der Waals surface area contributed by atoms with Gasteiger partial charge in [0.1, 0.15) is 11.8 Å². The molecule has 1 aliphatic rings. The van der Waals surface area contributed by atoms with Crippen LogP contribution in [0.3, 0.4) is 0 Å². The number of furan rings is 1. The van der Waals surface area contributed by atoms with Crippen LogP contribution in [0.4, 0.5) is 4.79 Å². The second-order valence-corrected chi connectivity index (χ2v) is 3.20. The highest BCUT2D eigenvalue weighted by Crippen LogP contribution is 2.23. The number of urea groups is 1. The molecule has 1 fully saturated rings. The molecule has 2 heterocycles. The van der Waals surface area contributed by atoms with Crippen LogP contribution in [0.5, 0.6) is 0 Å². The molecule has 0 aromatic carbocycles. The molecule has 1 aliphatic heterocycles. The van der Waals surface area contributed by atoms with Gasteiger partial charge < -0.3 is 20.4 Å². The summed E-state index contributed by atoms with van der Waals surface area (Å²) in [7, 11) is 0. The van der Waals surface area contributed by atoms with Crippen molar-refractivity contribution in [3.05, 3.63) is 24.2 Å². The molecule has 1 aromatic heterocycles. The number of rotatable bonds is 3. The highest BCUT2D eigenvalue weighted by atomic mass is 16.3. The number of carbonyl (C=O) groups excluding carboxylic acids is 1. The number of nitrogens with one attached hydrogen (secondary N) is 1. The van der Waals surface area contributed by atoms with Crippen LogP contribution in [0, 0.1) is 0 Å². The minimum absolute atomic E-state index is 0.0129. The van der Waals surface area contributed by atoms with E-state index in [4.69, 9.17) is 10.2 Å². The maximum Gasteiger partial charge on any atom is 0.318 e. The van der Waals surface area contributed by atoms with Crippen molar-refractivity contribution in [3.63, 3.8) is 0 Å². The Morgan fingerprint density at radius 2 is 2.57 bits per heavy atom. The van der Waals surface area contributed by atoms with Gasteiger partial charge in [0.25, 0.3) is 0 Å². The third-order valence-electron chi connectivity index (χ3n) is 2.33. The van der Waals surface area contributed by atoms with Crippen molar-refractivity contribution < 1.29 is 9.21 Å². The average Bonchev–Trinajstić information content (AvgIpc) is 2.77. The first-order valence-corrected chi connectivity index (χ1v) is 4.61. The average molecular weight is 195 g/mol. The van der Waals surface area contributed by atoms with Crippen LogP contribution in [0.25, 0.3) is 0 Å². The van der Waals surface area contributed by atoms with Gasteiger partial charge in [0.2, 0.25) is 0 Å². The van der Waals surface area contributed by atoms with Gasteiger partial charge in [0.05, 0.1) is 6.26 Å². The van der Waals surface area contributed by atoms with Crippen LogP contribution in [0.15, 0.2) is 22.8 Å². The van der Waals surface area contributed by atoms with Crippen LogP contribution in [-0.2, 0) is 0 Å². The first-order chi connectivity index (χ1) is 6.83. The van der Waals surface area contributed by atoms with Gasteiger partial charge in [0.15, 0.2) is 0 Å². The Hall–Kier alpha value is -1.49. The van der Waals surface area contributed by atoms with Gasteiger partial charge in [-0.15, -0.1) is 0 Å². The van der Waals surface area contributed by atoms with Crippen molar-refractivity contribution >= 4 is 6.03 Å². The van der Waals surface area contributed by atoms with Gasteiger partial charge in [-0.2, -0.15) is 0 Å². The molecule has 1 saturated heterocycles. The Labute approximate surface area is 81.9 Å². The summed E-state index contributed by atoms with van der Waals surface area (Å²) in [5.74, 6) is 0.803. The zero-order chi connectivity index (χ0) is 9.97. The molecular weight excluding hydrogens is 182 g/mol. The van der Waals surface area contributed by atoms with E-state index in [9.17, 15) is 4.79 Å². The molecule has 0 spiro atoms. The first kappa shape index (κ1) is 9.08. The molecule has 0 aliphatic carbocycles. The van der Waals surface area contributed by atoms with Gasteiger partial charge in [-0.25, -0.2) is 4.79 Å². The Kier molecular flexibility index (Phi) is 2.41. The van der Waals surface area contributed by atoms with E-state index < -0.39 is 0 Å². The molecule has 0 saturated carbocycles. The number of nitrogens with two attached hydrogens (primary N) is 1. The van der Waals surface area contributed by atoms with E-state index in [0.29, 0.717) is 19.6 Å². The van der Waals surface area contributed by atoms with Gasteiger partial charge in [-0.05, 0) is 12.1 Å². The summed E-state index contributed by atoms with van der Waals surface area (Å²) in [6.07, 6.45) is 1.61. The SMILES string of the molecule is NCCN1C(=O)NCC1c1ccco1. The minimum Gasteiger partial charge on any atom is -0.467 e. The molecule has 3 N–H and O–H groups in total. The summed E-state index contributed by atoms with van der Waals surface area (Å²) in [6, 6.07) is 3.60. The minimum atomic E-state index is -0.0724. The van der Waals surface area contributed by atoms with E-state index in [-0.39, 0.29) is 12.1 Å². The molecule has 1 aromatic rings. The summed E-state index contributed by atoms with van der Waals surface area (Å²) in [5.41, 5.74) is 5.43. The van der Waals surface area contributed by atoms with Crippen LogP contribution in [0.2, 0.25) is 0 Å². The monoisotopic (exact) mass is 195 g/mol. The van der Waals surface area contributed by atoms with Gasteiger partial charge in [-0.3, -0.25) is 0 Å². The second kappa shape index (κ2) is 3.71. The summed E-state index contributed by atoms with van der Waals surface area (Å²) < 4.78 is 5.27. The Bertz CT molecular complexity index is 310. The van der Waals surface area contributed by atoms with E-state index in [1.165, 1.54) is 0 Å². The van der Waals surface area contributed by atoms with Crippen molar-refractivity contribution in [1.29, 1.82) is 0 Å². The van der Waals surface area contributed by atoms with E-state index in [1.807, 2.05) is 12.1 Å². The number of amides is 2. The predicted octanol–water partition coefficient (Wildman–Crippen LogP) is 0.305. The number of hydrogen-bond acceptors (Lipinski definition) is 3. The topological polar surface area (TPSA) is 71.5 Å². The molecule has 0 bridgehead atoms. The molecule has 1 atom stereocenters. The lowest BCUT2D eigenvalue weighted by Gasteiger charge is -2.20. The van der Waals surface area contributed by atoms with Crippen molar-refractivity contribution in [2.75, 3.05) is 19.6 Å². The van der Waals surface area contributed by atoms with Crippen molar-refractivity contribution in [3.8, 4) is 0 Å². The van der Waals surface area contributed by atoms with Crippen molar-refractivity contribution in [2.45, 2.75) is 6.04 Å². The third kappa shape index (κ3) is 1.46. The lowest BCUT2D eigenvalue weighted by atomic mass is 10.2. The fourth-order valence-corrected chi connectivity index (χ4v) is 1.67. The molecule has 1 unspecified atom stereocenters. The fraction of sp³-hybridized carbons (Fsp3) is 0.444. The molecule has 5 heteroatoms. The lowest BCUT2D eigenvalue weighted by molar-refractivity contribution is 0.199. The Morgan fingerprint density at radius 3 is 3.21 bits per heavy atom. The van der Waals surface area contributed by atoms with Gasteiger partial charge in [-0.1, -0.05) is 0 Å². The van der Waals surface area contributed by atoms with E-state index in [2.05, 4.69) is 5.32 Å². The summed E-state index contributed by atoms with van der Waals surface area (Å²) in [6.45, 7) is 1.61. The summed E-state index contributed by atoms with van der Waals surface area (Å²) >= 11 is 0. The highest BCUT2D eigenvalue weighted by Gasteiger charge is 2.32. The zero-order valence-corrected chi connectivity index (χ0v) is 7.77. The maximum atomic E-state index is 11.4. The smallest absolute Gasteiger partial charge is 0.318 e. The molecule has 5 nitrogen and oxygen atoms in total. The van der Waals surface area contributed by atoms with E-state index >= 15 is 0 Å². The normalized spacial score (nSPS) is 21.4. The van der Waals surface area contributed by atoms with Crippen LogP contribution < -0.4 is 11.1 Å². The summed E-state index contributed by atoms with van der Waals surface area (Å²) in [4.78, 5) is 13.1. The molecule has 0 radical (unpaired) electrons. The van der Waals surface area contributed by atoms with E-state index in [0.717, 1.165) is 5.76 Å². The fourth-order valence-electron chi connectivity index (χ4n) is 1.67. The number of hydrogen-bond donors (Lipinski definition) is 2. The molecule has 2 amide bonds. The second-order valence-electron chi connectivity index (χ2n) is 3.20. The molecule has 14 heavy (non-hydrogen) atoms. The Morgan fingerprint density at radius 1 is 1.71 bits per heavy atom. The van der Waals surface area contributed by atoms with Crippen molar-refractivity contribution in [2.24, 2.45) is 5.73 Å². The zero-order valence-electron chi connectivity index (χ0n) is 7.77. The van der Waals surface area contributed by atoms with Gasteiger partial charge >= 0.3 is 6.03 Å². The largest absolute Gasteiger partial charge is 0.467 e. The van der Waals surface area contributed by atoms with Crippen molar-refractivity contribution in [1.82, 2.24) is 10.2 Å². The van der Waals surface area contributed by atoms with E-state index in [1.54, 1.807) is 11.2 Å². The molecule has 76 valence electrons. The maximum absolute atomic E-state index is 11.4. The van der Waals surface area contributed by atoms with Crippen LogP contribution in [0.1, 0.15) is 11.8 Å². The predicted molar refractivity (Wildman–Crippen MR) is 50.6 cm³/mol. The van der Waals surface area contributed by atoms with Gasteiger partial charge in [0, 0.05) is 19.6 Å². The Balaban J connectivity index is 2.15. The standard InChI is InChI=1S/C9H13N3O2/c10-3-4-12-7(6-11-9(12)13)8-2-1-5-14-8/h1-2,5,7H,3-4,6,10H2,(H,11,13). The van der Waals surface area contributed by atoms with Crippen LogP contribution in [-0.4, -0.2) is 30.6 Å². The number of carbonyl (C=O) groups is 1. The first-order valence-electron chi connectivity index (χ1n) is 4.61. The number of nitrogens with zero attached hydrogens (tertiary/aromatic N) is 1. The quantitative estimate of drug-likeness (QED) is 0.728. The molecule has 2 rings (SSSR count). The summed E-state index contributed by atoms with van der Waals surface area (Å²) in [5, 5.41) is 2.76. The lowest BCUT2D eigenvalue weighted by Crippen LogP contribution is -2.34. The van der Waals surface area contributed by atoms with Crippen LogP contribution >= 0.6 is 0 Å². The molecular formula is C9H13N3O2. The third-order valence-corrected chi connectivity index (χ3v) is 2.33.